The smallest absolute Gasteiger partial charge is 0.326 e. The average Bonchev–Trinajstić information content (AvgIpc) is 3.11. The summed E-state index contributed by atoms with van der Waals surface area (Å²) in [5.74, 6) is -2.57. The lowest BCUT2D eigenvalue weighted by atomic mass is 10.1. The van der Waals surface area contributed by atoms with Crippen molar-refractivity contribution in [3.63, 3.8) is 0 Å². The van der Waals surface area contributed by atoms with Crippen LogP contribution in [0.2, 0.25) is 0 Å². The second-order valence-corrected chi connectivity index (χ2v) is 6.18. The number of carboxylic acid groups (broad SMARTS) is 2. The normalized spacial score (nSPS) is 13.3. The predicted molar refractivity (Wildman–Crippen MR) is 95.8 cm³/mol. The Morgan fingerprint density at radius 3 is 2.50 bits per heavy atom. The van der Waals surface area contributed by atoms with Crippen LogP contribution in [0.15, 0.2) is 23.1 Å². The zero-order chi connectivity index (χ0) is 20.4. The molecule has 0 fully saturated rings. The molecule has 0 unspecified atom stereocenters. The summed E-state index contributed by atoms with van der Waals surface area (Å²) in [6.45, 7) is 2.30. The van der Waals surface area contributed by atoms with Crippen LogP contribution in [0.4, 0.5) is 0 Å². The Morgan fingerprint density at radius 2 is 1.89 bits per heavy atom. The Hall–Kier alpha value is -3.56. The van der Waals surface area contributed by atoms with Crippen molar-refractivity contribution >= 4 is 28.7 Å². The summed E-state index contributed by atoms with van der Waals surface area (Å²) < 4.78 is 12.3. The Bertz CT molecular complexity index is 1030. The summed E-state index contributed by atoms with van der Waals surface area (Å²) in [6.07, 6.45) is 0.612. The van der Waals surface area contributed by atoms with E-state index in [-0.39, 0.29) is 24.2 Å². The standard InChI is InChI=1S/C18H18N2O8/c1-2-20-7-10(17(24)19-11(18(25)26)3-4-15(21)22)16(23)9-5-13-14(6-12(9)20)28-8-27-13/h5-7,11H,2-4,8H2,1H3,(H,19,24)(H,21,22)(H,25,26)/t11-/m0/s1. The van der Waals surface area contributed by atoms with Crippen molar-refractivity contribution in [3.8, 4) is 11.5 Å². The van der Waals surface area contributed by atoms with Crippen molar-refractivity contribution in [1.82, 2.24) is 9.88 Å². The maximum Gasteiger partial charge on any atom is 0.326 e. The fourth-order valence-electron chi connectivity index (χ4n) is 2.96. The van der Waals surface area contributed by atoms with E-state index in [0.29, 0.717) is 23.6 Å². The Balaban J connectivity index is 2.00. The van der Waals surface area contributed by atoms with Crippen LogP contribution in [0.3, 0.4) is 0 Å². The number of nitrogens with one attached hydrogen (secondary N) is 1. The number of hydrogen-bond donors (Lipinski definition) is 3. The van der Waals surface area contributed by atoms with Crippen LogP contribution in [-0.4, -0.2) is 45.5 Å². The van der Waals surface area contributed by atoms with E-state index < -0.39 is 35.7 Å². The van der Waals surface area contributed by atoms with Gasteiger partial charge in [-0.2, -0.15) is 0 Å². The maximum atomic E-state index is 12.8. The third kappa shape index (κ3) is 3.61. The van der Waals surface area contributed by atoms with Crippen molar-refractivity contribution < 1.29 is 34.1 Å². The zero-order valence-corrected chi connectivity index (χ0v) is 14.9. The number of benzene rings is 1. The monoisotopic (exact) mass is 390 g/mol. The second-order valence-electron chi connectivity index (χ2n) is 6.18. The van der Waals surface area contributed by atoms with Crippen LogP contribution >= 0.6 is 0 Å². The van der Waals surface area contributed by atoms with Gasteiger partial charge in [-0.05, 0) is 19.4 Å². The third-order valence-corrected chi connectivity index (χ3v) is 4.41. The maximum absolute atomic E-state index is 12.8. The van der Waals surface area contributed by atoms with Gasteiger partial charge in [0.1, 0.15) is 11.6 Å². The number of rotatable bonds is 7. The van der Waals surface area contributed by atoms with Gasteiger partial charge in [0.25, 0.3) is 5.91 Å². The molecule has 0 radical (unpaired) electrons. The van der Waals surface area contributed by atoms with Gasteiger partial charge in [0.05, 0.1) is 10.9 Å². The highest BCUT2D eigenvalue weighted by Crippen LogP contribution is 2.35. The lowest BCUT2D eigenvalue weighted by molar-refractivity contribution is -0.140. The number of amides is 1. The van der Waals surface area contributed by atoms with E-state index in [0.717, 1.165) is 0 Å². The molecule has 10 nitrogen and oxygen atoms in total. The van der Waals surface area contributed by atoms with Crippen molar-refractivity contribution in [1.29, 1.82) is 0 Å². The molecule has 2 aromatic rings. The van der Waals surface area contributed by atoms with E-state index in [4.69, 9.17) is 14.6 Å². The number of carbonyl (C=O) groups excluding carboxylic acids is 1. The molecule has 2 heterocycles. The third-order valence-electron chi connectivity index (χ3n) is 4.41. The molecular weight excluding hydrogens is 372 g/mol. The van der Waals surface area contributed by atoms with Crippen molar-refractivity contribution in [3.05, 3.63) is 34.1 Å². The molecule has 0 aliphatic carbocycles. The van der Waals surface area contributed by atoms with Crippen LogP contribution in [-0.2, 0) is 16.1 Å². The van der Waals surface area contributed by atoms with Gasteiger partial charge in [0, 0.05) is 25.2 Å². The molecule has 1 aromatic carbocycles. The molecule has 0 spiro atoms. The molecule has 0 saturated carbocycles. The zero-order valence-electron chi connectivity index (χ0n) is 14.9. The van der Waals surface area contributed by atoms with Crippen LogP contribution in [0.5, 0.6) is 11.5 Å². The number of nitrogens with zero attached hydrogens (tertiary/aromatic N) is 1. The van der Waals surface area contributed by atoms with E-state index in [1.54, 1.807) is 10.6 Å². The average molecular weight is 390 g/mol. The molecule has 1 aliphatic heterocycles. The van der Waals surface area contributed by atoms with Crippen molar-refractivity contribution in [2.45, 2.75) is 32.4 Å². The Kier molecular flexibility index (Phi) is 5.21. The molecular formula is C18H18N2O8. The van der Waals surface area contributed by atoms with E-state index >= 15 is 0 Å². The highest BCUT2D eigenvalue weighted by Gasteiger charge is 2.25. The minimum Gasteiger partial charge on any atom is -0.481 e. The molecule has 0 bridgehead atoms. The SMILES string of the molecule is CCn1cc(C(=O)N[C@@H](CCC(=O)O)C(=O)O)c(=O)c2cc3c(cc21)OCO3. The van der Waals surface area contributed by atoms with Gasteiger partial charge in [-0.3, -0.25) is 14.4 Å². The van der Waals surface area contributed by atoms with E-state index in [1.165, 1.54) is 12.3 Å². The number of pyridine rings is 1. The van der Waals surface area contributed by atoms with Gasteiger partial charge in [-0.1, -0.05) is 0 Å². The van der Waals surface area contributed by atoms with E-state index in [9.17, 15) is 24.3 Å². The quantitative estimate of drug-likeness (QED) is 0.630. The molecule has 3 rings (SSSR count). The fourth-order valence-corrected chi connectivity index (χ4v) is 2.96. The topological polar surface area (TPSA) is 144 Å². The van der Waals surface area contributed by atoms with Gasteiger partial charge in [0.2, 0.25) is 12.2 Å². The Labute approximate surface area is 158 Å². The lowest BCUT2D eigenvalue weighted by Gasteiger charge is -2.15. The summed E-state index contributed by atoms with van der Waals surface area (Å²) in [7, 11) is 0. The summed E-state index contributed by atoms with van der Waals surface area (Å²) >= 11 is 0. The first-order valence-corrected chi connectivity index (χ1v) is 8.54. The first-order chi connectivity index (χ1) is 13.3. The highest BCUT2D eigenvalue weighted by molar-refractivity contribution is 5.99. The number of fused-ring (bicyclic) bond motifs is 2. The number of aromatic nitrogens is 1. The molecule has 1 aromatic heterocycles. The molecule has 3 N–H and O–H groups in total. The fraction of sp³-hybridized carbons (Fsp3) is 0.333. The number of ether oxygens (including phenoxy) is 2. The number of aliphatic carboxylic acids is 2. The molecule has 0 saturated heterocycles. The Morgan fingerprint density at radius 1 is 1.21 bits per heavy atom. The minimum absolute atomic E-state index is 0.0309. The molecule has 1 aliphatic rings. The van der Waals surface area contributed by atoms with Crippen LogP contribution in [0.25, 0.3) is 10.9 Å². The number of carbonyl (C=O) groups is 3. The molecule has 1 amide bonds. The molecule has 148 valence electrons. The largest absolute Gasteiger partial charge is 0.481 e. The molecule has 10 heteroatoms. The number of hydrogen-bond acceptors (Lipinski definition) is 6. The highest BCUT2D eigenvalue weighted by atomic mass is 16.7. The van der Waals surface area contributed by atoms with Crippen LogP contribution in [0, 0.1) is 0 Å². The van der Waals surface area contributed by atoms with Gasteiger partial charge in [-0.15, -0.1) is 0 Å². The van der Waals surface area contributed by atoms with E-state index in [2.05, 4.69) is 5.32 Å². The van der Waals surface area contributed by atoms with Crippen molar-refractivity contribution in [2.75, 3.05) is 6.79 Å². The minimum atomic E-state index is -1.43. The second kappa shape index (κ2) is 7.59. The summed E-state index contributed by atoms with van der Waals surface area (Å²) in [5.41, 5.74) is -0.276. The predicted octanol–water partition coefficient (Wildman–Crippen LogP) is 0.798. The summed E-state index contributed by atoms with van der Waals surface area (Å²) in [6, 6.07) is 1.71. The van der Waals surface area contributed by atoms with Gasteiger partial charge >= 0.3 is 11.9 Å². The molecule has 28 heavy (non-hydrogen) atoms. The van der Waals surface area contributed by atoms with Gasteiger partial charge in [0.15, 0.2) is 11.5 Å². The van der Waals surface area contributed by atoms with Gasteiger partial charge < -0.3 is 29.6 Å². The van der Waals surface area contributed by atoms with Crippen LogP contribution in [0.1, 0.15) is 30.1 Å². The number of aryl methyl sites for hydroxylation is 1. The van der Waals surface area contributed by atoms with Crippen molar-refractivity contribution in [2.24, 2.45) is 0 Å². The van der Waals surface area contributed by atoms with Crippen LogP contribution < -0.4 is 20.2 Å². The lowest BCUT2D eigenvalue weighted by Crippen LogP contribution is -2.42. The molecule has 1 atom stereocenters. The van der Waals surface area contributed by atoms with E-state index in [1.807, 2.05) is 6.92 Å². The summed E-state index contributed by atoms with van der Waals surface area (Å²) in [4.78, 5) is 47.4. The first kappa shape index (κ1) is 19.2. The first-order valence-electron chi connectivity index (χ1n) is 8.54. The van der Waals surface area contributed by atoms with Gasteiger partial charge in [-0.25, -0.2) is 4.79 Å². The number of carboxylic acids is 2. The summed E-state index contributed by atoms with van der Waals surface area (Å²) in [5, 5.41) is 20.4.